The zero-order valence-corrected chi connectivity index (χ0v) is 14.2. The van der Waals surface area contributed by atoms with E-state index in [1.165, 1.54) is 0 Å². The van der Waals surface area contributed by atoms with Crippen molar-refractivity contribution < 1.29 is 23.8 Å². The Hall–Kier alpha value is -2.04. The first-order valence-corrected chi connectivity index (χ1v) is 8.01. The van der Waals surface area contributed by atoms with Crippen LogP contribution < -0.4 is 9.47 Å². The summed E-state index contributed by atoms with van der Waals surface area (Å²) in [5.74, 6) is 0.958. The fraction of sp³-hybridized carbons (Fsp3) is 0.556. The highest BCUT2D eigenvalue weighted by molar-refractivity contribution is 5.84. The second kappa shape index (κ2) is 10.6. The van der Waals surface area contributed by atoms with E-state index >= 15 is 0 Å². The highest BCUT2D eigenvalue weighted by atomic mass is 16.5. The minimum Gasteiger partial charge on any atom is -0.496 e. The predicted molar refractivity (Wildman–Crippen MR) is 88.4 cm³/mol. The molecule has 128 valence electrons. The third-order valence-corrected chi connectivity index (χ3v) is 3.62. The van der Waals surface area contributed by atoms with E-state index in [-0.39, 0.29) is 5.97 Å². The van der Waals surface area contributed by atoms with E-state index in [9.17, 15) is 9.59 Å². The van der Waals surface area contributed by atoms with Gasteiger partial charge in [-0.05, 0) is 43.9 Å². The number of esters is 1. The van der Waals surface area contributed by atoms with E-state index in [1.54, 1.807) is 14.2 Å². The van der Waals surface area contributed by atoms with Gasteiger partial charge in [-0.25, -0.2) is 0 Å². The molecule has 0 aliphatic rings. The summed E-state index contributed by atoms with van der Waals surface area (Å²) in [5.41, 5.74) is 1.52. The van der Waals surface area contributed by atoms with E-state index in [0.29, 0.717) is 30.1 Å². The zero-order valence-electron chi connectivity index (χ0n) is 14.2. The number of benzene rings is 1. The van der Waals surface area contributed by atoms with Crippen molar-refractivity contribution in [1.29, 1.82) is 0 Å². The highest BCUT2D eigenvalue weighted by Crippen LogP contribution is 2.29. The van der Waals surface area contributed by atoms with Gasteiger partial charge in [0.05, 0.1) is 26.4 Å². The molecule has 0 unspecified atom stereocenters. The van der Waals surface area contributed by atoms with Gasteiger partial charge in [0.1, 0.15) is 11.5 Å². The van der Waals surface area contributed by atoms with Gasteiger partial charge in [0.15, 0.2) is 6.29 Å². The summed E-state index contributed by atoms with van der Waals surface area (Å²) in [4.78, 5) is 22.3. The van der Waals surface area contributed by atoms with Crippen LogP contribution in [-0.2, 0) is 16.0 Å². The van der Waals surface area contributed by atoms with Crippen LogP contribution in [0.15, 0.2) is 12.1 Å². The lowest BCUT2D eigenvalue weighted by molar-refractivity contribution is -0.143. The Morgan fingerprint density at radius 1 is 1.04 bits per heavy atom. The molecule has 1 rings (SSSR count). The van der Waals surface area contributed by atoms with Crippen molar-refractivity contribution in [2.24, 2.45) is 0 Å². The molecule has 0 spiro atoms. The number of aryl methyl sites for hydroxylation is 1. The standard InChI is InChI=1S/C18H26O5/c1-4-23-18(20)10-8-6-5-7-9-14-11-16(21-2)15(13-19)17(12-14)22-3/h11-13H,4-10H2,1-3H3. The minimum atomic E-state index is -0.119. The molecule has 0 saturated carbocycles. The van der Waals surface area contributed by atoms with E-state index in [2.05, 4.69) is 0 Å². The molecule has 1 aromatic carbocycles. The van der Waals surface area contributed by atoms with Crippen LogP contribution in [0.2, 0.25) is 0 Å². The third-order valence-electron chi connectivity index (χ3n) is 3.62. The lowest BCUT2D eigenvalue weighted by Crippen LogP contribution is -2.03. The number of carbonyl (C=O) groups excluding carboxylic acids is 2. The Bertz CT molecular complexity index is 485. The number of ether oxygens (including phenoxy) is 3. The summed E-state index contributed by atoms with van der Waals surface area (Å²) < 4.78 is 15.4. The SMILES string of the molecule is CCOC(=O)CCCCCCc1cc(OC)c(C=O)c(OC)c1. The Balaban J connectivity index is 2.43. The molecule has 0 atom stereocenters. The molecular weight excluding hydrogens is 296 g/mol. The molecule has 1 aromatic rings. The predicted octanol–water partition coefficient (Wildman–Crippen LogP) is 3.57. The van der Waals surface area contributed by atoms with Gasteiger partial charge < -0.3 is 14.2 Å². The molecule has 0 heterocycles. The normalized spacial score (nSPS) is 10.2. The molecular formula is C18H26O5. The van der Waals surface area contributed by atoms with Crippen LogP contribution >= 0.6 is 0 Å². The van der Waals surface area contributed by atoms with Gasteiger partial charge >= 0.3 is 5.97 Å². The summed E-state index contributed by atoms with van der Waals surface area (Å²) in [7, 11) is 3.09. The first kappa shape index (κ1) is 19.0. The summed E-state index contributed by atoms with van der Waals surface area (Å²) in [6, 6.07) is 3.76. The summed E-state index contributed by atoms with van der Waals surface area (Å²) >= 11 is 0. The molecule has 0 fully saturated rings. The monoisotopic (exact) mass is 322 g/mol. The van der Waals surface area contributed by atoms with Gasteiger partial charge in [-0.3, -0.25) is 9.59 Å². The number of carbonyl (C=O) groups is 2. The molecule has 0 bridgehead atoms. The van der Waals surface area contributed by atoms with Crippen LogP contribution in [0.25, 0.3) is 0 Å². The second-order valence-corrected chi connectivity index (χ2v) is 5.25. The van der Waals surface area contributed by atoms with Crippen molar-refractivity contribution in [2.45, 2.75) is 45.4 Å². The molecule has 0 N–H and O–H groups in total. The average Bonchev–Trinajstić information content (AvgIpc) is 2.57. The first-order chi connectivity index (χ1) is 11.2. The molecule has 5 nitrogen and oxygen atoms in total. The van der Waals surface area contributed by atoms with Crippen LogP contribution in [0.5, 0.6) is 11.5 Å². The number of unbranched alkanes of at least 4 members (excludes halogenated alkanes) is 3. The second-order valence-electron chi connectivity index (χ2n) is 5.25. The van der Waals surface area contributed by atoms with Gasteiger partial charge in [-0.15, -0.1) is 0 Å². The van der Waals surface area contributed by atoms with E-state index in [1.807, 2.05) is 19.1 Å². The molecule has 0 radical (unpaired) electrons. The molecule has 0 saturated heterocycles. The largest absolute Gasteiger partial charge is 0.496 e. The van der Waals surface area contributed by atoms with Crippen LogP contribution in [0, 0.1) is 0 Å². The van der Waals surface area contributed by atoms with Crippen LogP contribution in [-0.4, -0.2) is 33.1 Å². The van der Waals surface area contributed by atoms with E-state index < -0.39 is 0 Å². The number of hydrogen-bond acceptors (Lipinski definition) is 5. The van der Waals surface area contributed by atoms with E-state index in [0.717, 1.165) is 44.0 Å². The number of methoxy groups -OCH3 is 2. The van der Waals surface area contributed by atoms with Crippen molar-refractivity contribution in [2.75, 3.05) is 20.8 Å². The number of rotatable bonds is 11. The Kier molecular flexibility index (Phi) is 8.80. The van der Waals surface area contributed by atoms with Crippen LogP contribution in [0.4, 0.5) is 0 Å². The smallest absolute Gasteiger partial charge is 0.305 e. The molecule has 0 aliphatic heterocycles. The summed E-state index contributed by atoms with van der Waals surface area (Å²) in [6.45, 7) is 2.26. The molecule has 0 aliphatic carbocycles. The Morgan fingerprint density at radius 3 is 2.17 bits per heavy atom. The zero-order chi connectivity index (χ0) is 17.1. The molecule has 23 heavy (non-hydrogen) atoms. The first-order valence-electron chi connectivity index (χ1n) is 8.01. The van der Waals surface area contributed by atoms with Crippen molar-refractivity contribution >= 4 is 12.3 Å². The molecule has 5 heteroatoms. The number of hydrogen-bond donors (Lipinski definition) is 0. The van der Waals surface area contributed by atoms with E-state index in [4.69, 9.17) is 14.2 Å². The fourth-order valence-electron chi connectivity index (χ4n) is 2.44. The van der Waals surface area contributed by atoms with Crippen LogP contribution in [0.3, 0.4) is 0 Å². The number of aldehydes is 1. The van der Waals surface area contributed by atoms with Gasteiger partial charge in [-0.2, -0.15) is 0 Å². The summed E-state index contributed by atoms with van der Waals surface area (Å²) in [5, 5.41) is 0. The maximum absolute atomic E-state index is 11.2. The lowest BCUT2D eigenvalue weighted by atomic mass is 10.0. The maximum atomic E-state index is 11.2. The van der Waals surface area contributed by atoms with Gasteiger partial charge in [0.25, 0.3) is 0 Å². The van der Waals surface area contributed by atoms with Crippen molar-refractivity contribution in [3.8, 4) is 11.5 Å². The van der Waals surface area contributed by atoms with Crippen molar-refractivity contribution in [3.05, 3.63) is 23.3 Å². The van der Waals surface area contributed by atoms with Gasteiger partial charge in [-0.1, -0.05) is 12.8 Å². The van der Waals surface area contributed by atoms with Crippen molar-refractivity contribution in [1.82, 2.24) is 0 Å². The topological polar surface area (TPSA) is 61.8 Å². The Labute approximate surface area is 137 Å². The van der Waals surface area contributed by atoms with Gasteiger partial charge in [0, 0.05) is 6.42 Å². The highest BCUT2D eigenvalue weighted by Gasteiger charge is 2.11. The fourth-order valence-corrected chi connectivity index (χ4v) is 2.44. The quantitative estimate of drug-likeness (QED) is 0.354. The summed E-state index contributed by atoms with van der Waals surface area (Å²) in [6.07, 6.45) is 6.02. The van der Waals surface area contributed by atoms with Crippen molar-refractivity contribution in [3.63, 3.8) is 0 Å². The minimum absolute atomic E-state index is 0.119. The van der Waals surface area contributed by atoms with Crippen LogP contribution in [0.1, 0.15) is 54.9 Å². The molecule has 0 amide bonds. The lowest BCUT2D eigenvalue weighted by Gasteiger charge is -2.11. The maximum Gasteiger partial charge on any atom is 0.305 e. The molecule has 0 aromatic heterocycles. The average molecular weight is 322 g/mol. The Morgan fingerprint density at radius 2 is 1.65 bits per heavy atom. The third kappa shape index (κ3) is 6.30. The van der Waals surface area contributed by atoms with Gasteiger partial charge in [0.2, 0.25) is 0 Å².